The van der Waals surface area contributed by atoms with Crippen LogP contribution in [0, 0.1) is 11.8 Å². The fraction of sp³-hybridized carbons (Fsp3) is 0.667. The van der Waals surface area contributed by atoms with Gasteiger partial charge in [-0.25, -0.2) is 9.97 Å². The van der Waals surface area contributed by atoms with Crippen LogP contribution >= 0.6 is 0 Å². The van der Waals surface area contributed by atoms with Gasteiger partial charge >= 0.3 is 0 Å². The first-order chi connectivity index (χ1) is 18.0. The molecule has 210 valence electrons. The zero-order valence-corrected chi connectivity index (χ0v) is 24.3. The number of anilines is 1. The van der Waals surface area contributed by atoms with E-state index < -0.39 is 0 Å². The number of ether oxygens (including phenoxy) is 1. The predicted octanol–water partition coefficient (Wildman–Crippen LogP) is 4.54. The molecule has 1 atom stereocenters. The first kappa shape index (κ1) is 30.0. The van der Waals surface area contributed by atoms with Crippen molar-refractivity contribution in [2.75, 3.05) is 51.8 Å². The molecule has 0 aliphatic carbocycles. The van der Waals surface area contributed by atoms with Crippen molar-refractivity contribution >= 4 is 17.5 Å². The zero-order chi connectivity index (χ0) is 27.9. The van der Waals surface area contributed by atoms with Gasteiger partial charge in [0.05, 0.1) is 11.5 Å². The number of carbonyl (C=O) groups is 2. The number of likely N-dealkylation sites (tertiary alicyclic amines) is 1. The van der Waals surface area contributed by atoms with Crippen molar-refractivity contribution in [3.8, 4) is 0 Å². The number of nitrogens with zero attached hydrogens (tertiary/aromatic N) is 3. The summed E-state index contributed by atoms with van der Waals surface area (Å²) < 4.78 is 5.19. The van der Waals surface area contributed by atoms with Crippen molar-refractivity contribution in [2.45, 2.75) is 72.1 Å². The molecule has 0 spiro atoms. The maximum atomic E-state index is 14.3. The Morgan fingerprint density at radius 1 is 1.26 bits per heavy atom. The molecule has 3 heterocycles. The van der Waals surface area contributed by atoms with Crippen LogP contribution in [0.15, 0.2) is 29.5 Å². The molecule has 2 N–H and O–H groups in total. The topological polar surface area (TPSA) is 96.5 Å². The number of rotatable bonds is 11. The van der Waals surface area contributed by atoms with Crippen LogP contribution in [-0.4, -0.2) is 73.0 Å². The van der Waals surface area contributed by atoms with E-state index in [9.17, 15) is 9.59 Å². The Morgan fingerprint density at radius 3 is 2.61 bits per heavy atom. The highest BCUT2D eigenvalue weighted by Crippen LogP contribution is 2.32. The van der Waals surface area contributed by atoms with E-state index in [1.54, 1.807) is 13.3 Å². The van der Waals surface area contributed by atoms with Gasteiger partial charge in [-0.2, -0.15) is 0 Å². The van der Waals surface area contributed by atoms with Gasteiger partial charge in [-0.3, -0.25) is 9.59 Å². The Labute approximate surface area is 228 Å². The Bertz CT molecular complexity index is 1030. The maximum absolute atomic E-state index is 14.3. The zero-order valence-electron chi connectivity index (χ0n) is 24.3. The number of Topliss-reactive ketones (excluding diaryl/α,β-unsaturated/α-hetero) is 1. The Kier molecular flexibility index (Phi) is 10.6. The monoisotopic (exact) mass is 525 g/mol. The fourth-order valence-corrected chi connectivity index (χ4v) is 5.17. The van der Waals surface area contributed by atoms with Gasteiger partial charge in [0.25, 0.3) is 0 Å². The van der Waals surface area contributed by atoms with Crippen molar-refractivity contribution in [1.29, 1.82) is 0 Å². The number of nitrogens with one attached hydrogen (secondary N) is 2. The molecule has 0 unspecified atom stereocenters. The number of hydrogen-bond donors (Lipinski definition) is 2. The number of ketones is 1. The summed E-state index contributed by atoms with van der Waals surface area (Å²) in [6.45, 7) is 18.9. The summed E-state index contributed by atoms with van der Waals surface area (Å²) in [5, 5.41) is 6.78. The van der Waals surface area contributed by atoms with Crippen LogP contribution in [0.3, 0.4) is 0 Å². The van der Waals surface area contributed by atoms with Gasteiger partial charge in [-0.1, -0.05) is 41.2 Å². The summed E-state index contributed by atoms with van der Waals surface area (Å²) in [6, 6.07) is 0. The number of allylic oxidation sites excluding steroid dienone is 2. The van der Waals surface area contributed by atoms with Crippen LogP contribution in [0.2, 0.25) is 0 Å². The molecule has 0 saturated carbocycles. The molecule has 0 radical (unpaired) electrons. The Balaban J connectivity index is 2.00. The molecule has 1 amide bonds. The minimum Gasteiger partial charge on any atom is -0.385 e. The summed E-state index contributed by atoms with van der Waals surface area (Å²) in [5.41, 5.74) is 2.56. The third-order valence-electron chi connectivity index (χ3n) is 7.10. The van der Waals surface area contributed by atoms with Crippen LogP contribution in [0.5, 0.6) is 0 Å². The molecule has 2 aliphatic heterocycles. The number of hydrogen-bond acceptors (Lipinski definition) is 7. The highest BCUT2D eigenvalue weighted by atomic mass is 16.5. The molecule has 1 aromatic rings. The lowest BCUT2D eigenvalue weighted by molar-refractivity contribution is -0.134. The average molecular weight is 526 g/mol. The largest absolute Gasteiger partial charge is 0.385 e. The number of carbonyl (C=O) groups excluding carboxylic acids is 2. The first-order valence-corrected chi connectivity index (χ1v) is 14.1. The molecule has 3 rings (SSSR count). The van der Waals surface area contributed by atoms with Gasteiger partial charge in [-0.15, -0.1) is 0 Å². The van der Waals surface area contributed by atoms with E-state index in [0.717, 1.165) is 43.5 Å². The number of methoxy groups -OCH3 is 1. The van der Waals surface area contributed by atoms with E-state index in [-0.39, 0.29) is 23.0 Å². The van der Waals surface area contributed by atoms with Crippen molar-refractivity contribution < 1.29 is 14.3 Å². The molecule has 2 fully saturated rings. The SMILES string of the molecule is C=C(CC(C)C)/C(C(=O)c1cnc(C(C)(C)C)nc1NCCCOC)=C1\CNC[C@H](C(=O)N2CCCC2)C1. The minimum absolute atomic E-state index is 0.128. The minimum atomic E-state index is -0.260. The quantitative estimate of drug-likeness (QED) is 0.249. The highest BCUT2D eigenvalue weighted by molar-refractivity contribution is 6.14. The fourth-order valence-electron chi connectivity index (χ4n) is 5.17. The van der Waals surface area contributed by atoms with Crippen molar-refractivity contribution in [3.05, 3.63) is 40.9 Å². The molecule has 2 aliphatic rings. The standard InChI is InChI=1S/C30H47N5O3/c1-20(2)15-21(3)25(22-16-23(18-31-17-22)28(37)35-12-8-9-13-35)26(36)24-19-33-29(30(4,5)6)34-27(24)32-11-10-14-38-7/h19-20,23,31H,3,8-18H2,1-2,4-7H3,(H,32,33,34)/b25-22+/t23-/m1/s1. The molecular weight excluding hydrogens is 478 g/mol. The Morgan fingerprint density at radius 2 is 1.97 bits per heavy atom. The van der Waals surface area contributed by atoms with Crippen molar-refractivity contribution in [2.24, 2.45) is 11.8 Å². The summed E-state index contributed by atoms with van der Waals surface area (Å²) in [4.78, 5) is 38.9. The number of amides is 1. The molecule has 0 bridgehead atoms. The first-order valence-electron chi connectivity index (χ1n) is 14.1. The van der Waals surface area contributed by atoms with E-state index in [0.29, 0.717) is 67.8 Å². The van der Waals surface area contributed by atoms with Crippen LogP contribution in [-0.2, 0) is 14.9 Å². The van der Waals surface area contributed by atoms with Crippen LogP contribution in [0.25, 0.3) is 0 Å². The molecule has 8 heteroatoms. The maximum Gasteiger partial charge on any atom is 0.227 e. The van der Waals surface area contributed by atoms with Crippen LogP contribution in [0.1, 0.15) is 82.9 Å². The molecule has 0 aromatic carbocycles. The lowest BCUT2D eigenvalue weighted by Crippen LogP contribution is -2.43. The van der Waals surface area contributed by atoms with Crippen LogP contribution in [0.4, 0.5) is 5.82 Å². The third kappa shape index (κ3) is 7.73. The van der Waals surface area contributed by atoms with E-state index >= 15 is 0 Å². The van der Waals surface area contributed by atoms with Gasteiger partial charge < -0.3 is 20.3 Å². The summed E-state index contributed by atoms with van der Waals surface area (Å²) in [6.07, 6.45) is 5.84. The molecule has 2 saturated heterocycles. The van der Waals surface area contributed by atoms with E-state index in [1.165, 1.54) is 0 Å². The third-order valence-corrected chi connectivity index (χ3v) is 7.10. The van der Waals surface area contributed by atoms with E-state index in [2.05, 4.69) is 56.8 Å². The van der Waals surface area contributed by atoms with Gasteiger partial charge in [0.1, 0.15) is 11.6 Å². The van der Waals surface area contributed by atoms with E-state index in [4.69, 9.17) is 9.72 Å². The van der Waals surface area contributed by atoms with Gasteiger partial charge in [0, 0.05) is 63.6 Å². The highest BCUT2D eigenvalue weighted by Gasteiger charge is 2.33. The van der Waals surface area contributed by atoms with Gasteiger partial charge in [0.2, 0.25) is 5.91 Å². The van der Waals surface area contributed by atoms with Crippen molar-refractivity contribution in [1.82, 2.24) is 20.2 Å². The second-order valence-electron chi connectivity index (χ2n) is 12.1. The van der Waals surface area contributed by atoms with Gasteiger partial charge in [-0.05, 0) is 49.2 Å². The normalized spacial score (nSPS) is 19.6. The molecule has 1 aromatic heterocycles. The molecule has 38 heavy (non-hydrogen) atoms. The lowest BCUT2D eigenvalue weighted by atomic mass is 9.83. The van der Waals surface area contributed by atoms with Crippen molar-refractivity contribution in [3.63, 3.8) is 0 Å². The second-order valence-corrected chi connectivity index (χ2v) is 12.1. The lowest BCUT2D eigenvalue weighted by Gasteiger charge is -2.30. The Hall–Kier alpha value is -2.58. The smallest absolute Gasteiger partial charge is 0.227 e. The summed E-state index contributed by atoms with van der Waals surface area (Å²) in [7, 11) is 1.68. The average Bonchev–Trinajstić information content (AvgIpc) is 3.40. The molecular formula is C30H47N5O3. The predicted molar refractivity (Wildman–Crippen MR) is 152 cm³/mol. The second kappa shape index (κ2) is 13.5. The summed E-state index contributed by atoms with van der Waals surface area (Å²) in [5.74, 6) is 1.44. The van der Waals surface area contributed by atoms with Gasteiger partial charge in [0.15, 0.2) is 5.78 Å². The molecule has 8 nitrogen and oxygen atoms in total. The van der Waals surface area contributed by atoms with E-state index in [1.807, 2.05) is 4.90 Å². The number of aromatic nitrogens is 2. The summed E-state index contributed by atoms with van der Waals surface area (Å²) >= 11 is 0. The van der Waals surface area contributed by atoms with Crippen LogP contribution < -0.4 is 10.6 Å². The number of piperidine rings is 1.